The van der Waals surface area contributed by atoms with Crippen molar-refractivity contribution in [2.45, 2.75) is 64.5 Å². The molecule has 14 heavy (non-hydrogen) atoms. The molecule has 1 aliphatic heterocycles. The Bertz CT molecular complexity index is 147. The highest BCUT2D eigenvalue weighted by Gasteiger charge is 2.22. The Morgan fingerprint density at radius 2 is 2.14 bits per heavy atom. The van der Waals surface area contributed by atoms with Crippen molar-refractivity contribution in [2.24, 2.45) is 5.73 Å². The molecule has 1 aliphatic rings. The van der Waals surface area contributed by atoms with Gasteiger partial charge >= 0.3 is 0 Å². The maximum atomic E-state index is 6.02. The van der Waals surface area contributed by atoms with Gasteiger partial charge in [0.15, 0.2) is 0 Å². The lowest BCUT2D eigenvalue weighted by atomic mass is 10.1. The smallest absolute Gasteiger partial charge is 0.00931 e. The van der Waals surface area contributed by atoms with E-state index in [0.717, 1.165) is 6.04 Å². The molecule has 0 aromatic carbocycles. The molecule has 2 heteroatoms. The molecule has 1 heterocycles. The molecule has 2 atom stereocenters. The van der Waals surface area contributed by atoms with E-state index in [0.29, 0.717) is 6.04 Å². The van der Waals surface area contributed by atoms with E-state index in [-0.39, 0.29) is 0 Å². The summed E-state index contributed by atoms with van der Waals surface area (Å²) in [7, 11) is 0. The minimum atomic E-state index is 0.429. The van der Waals surface area contributed by atoms with Crippen LogP contribution >= 0.6 is 0 Å². The Morgan fingerprint density at radius 3 is 2.79 bits per heavy atom. The first-order chi connectivity index (χ1) is 6.77. The Kier molecular flexibility index (Phi) is 5.49. The summed E-state index contributed by atoms with van der Waals surface area (Å²) in [6, 6.07) is 1.28. The highest BCUT2D eigenvalue weighted by molar-refractivity contribution is 4.78. The zero-order valence-electron chi connectivity index (χ0n) is 9.84. The van der Waals surface area contributed by atoms with Crippen molar-refractivity contribution >= 4 is 0 Å². The quantitative estimate of drug-likeness (QED) is 0.710. The monoisotopic (exact) mass is 198 g/mol. The summed E-state index contributed by atoms with van der Waals surface area (Å²) in [5.41, 5.74) is 6.02. The SMILES string of the molecule is CCCC(N)CCN1CCCC1CC. The van der Waals surface area contributed by atoms with Crippen LogP contribution in [-0.4, -0.2) is 30.1 Å². The molecule has 2 unspecified atom stereocenters. The van der Waals surface area contributed by atoms with Crippen molar-refractivity contribution in [2.75, 3.05) is 13.1 Å². The summed E-state index contributed by atoms with van der Waals surface area (Å²) in [6.45, 7) is 7.04. The van der Waals surface area contributed by atoms with Crippen LogP contribution < -0.4 is 5.73 Å². The molecule has 0 amide bonds. The van der Waals surface area contributed by atoms with E-state index in [1.165, 1.54) is 51.6 Å². The normalized spacial score (nSPS) is 25.5. The molecule has 84 valence electrons. The third-order valence-corrected chi connectivity index (χ3v) is 3.42. The van der Waals surface area contributed by atoms with E-state index >= 15 is 0 Å². The fraction of sp³-hybridized carbons (Fsp3) is 1.00. The number of nitrogens with zero attached hydrogens (tertiary/aromatic N) is 1. The number of nitrogens with two attached hydrogens (primary N) is 1. The molecule has 0 saturated carbocycles. The molecule has 1 saturated heterocycles. The Morgan fingerprint density at radius 1 is 1.36 bits per heavy atom. The van der Waals surface area contributed by atoms with Gasteiger partial charge in [-0.25, -0.2) is 0 Å². The highest BCUT2D eigenvalue weighted by atomic mass is 15.2. The molecule has 2 N–H and O–H groups in total. The summed E-state index contributed by atoms with van der Waals surface area (Å²) >= 11 is 0. The zero-order valence-corrected chi connectivity index (χ0v) is 9.84. The second-order valence-corrected chi connectivity index (χ2v) is 4.58. The topological polar surface area (TPSA) is 29.3 Å². The molecular formula is C12H26N2. The van der Waals surface area contributed by atoms with E-state index in [1.54, 1.807) is 0 Å². The van der Waals surface area contributed by atoms with E-state index in [1.807, 2.05) is 0 Å². The van der Waals surface area contributed by atoms with Gasteiger partial charge in [-0.05, 0) is 45.2 Å². The molecule has 0 spiro atoms. The van der Waals surface area contributed by atoms with Gasteiger partial charge in [0.2, 0.25) is 0 Å². The van der Waals surface area contributed by atoms with Crippen LogP contribution in [0.15, 0.2) is 0 Å². The molecule has 1 fully saturated rings. The maximum Gasteiger partial charge on any atom is 0.00931 e. The largest absolute Gasteiger partial charge is 0.328 e. The number of hydrogen-bond acceptors (Lipinski definition) is 2. The Hall–Kier alpha value is -0.0800. The van der Waals surface area contributed by atoms with Crippen molar-refractivity contribution in [1.82, 2.24) is 4.90 Å². The van der Waals surface area contributed by atoms with Crippen LogP contribution in [0.1, 0.15) is 52.4 Å². The van der Waals surface area contributed by atoms with Gasteiger partial charge in [0, 0.05) is 12.1 Å². The van der Waals surface area contributed by atoms with E-state index in [2.05, 4.69) is 18.7 Å². The summed E-state index contributed by atoms with van der Waals surface area (Å²) < 4.78 is 0. The van der Waals surface area contributed by atoms with Gasteiger partial charge in [0.1, 0.15) is 0 Å². The summed E-state index contributed by atoms with van der Waals surface area (Å²) in [5.74, 6) is 0. The fourth-order valence-electron chi connectivity index (χ4n) is 2.50. The first-order valence-electron chi connectivity index (χ1n) is 6.27. The molecule has 0 aliphatic carbocycles. The van der Waals surface area contributed by atoms with Crippen LogP contribution in [0.5, 0.6) is 0 Å². The first kappa shape index (κ1) is 12.0. The van der Waals surface area contributed by atoms with Gasteiger partial charge in [0.05, 0.1) is 0 Å². The number of likely N-dealkylation sites (tertiary alicyclic amines) is 1. The maximum absolute atomic E-state index is 6.02. The zero-order chi connectivity index (χ0) is 10.4. The van der Waals surface area contributed by atoms with Crippen molar-refractivity contribution in [3.63, 3.8) is 0 Å². The Balaban J connectivity index is 2.16. The van der Waals surface area contributed by atoms with Gasteiger partial charge in [0.25, 0.3) is 0 Å². The molecule has 0 bridgehead atoms. The van der Waals surface area contributed by atoms with E-state index < -0.39 is 0 Å². The van der Waals surface area contributed by atoms with E-state index in [9.17, 15) is 0 Å². The minimum Gasteiger partial charge on any atom is -0.328 e. The highest BCUT2D eigenvalue weighted by Crippen LogP contribution is 2.20. The summed E-state index contributed by atoms with van der Waals surface area (Å²) in [4.78, 5) is 2.63. The van der Waals surface area contributed by atoms with E-state index in [4.69, 9.17) is 5.73 Å². The first-order valence-corrected chi connectivity index (χ1v) is 6.27. The molecule has 2 nitrogen and oxygen atoms in total. The number of rotatable bonds is 6. The van der Waals surface area contributed by atoms with Gasteiger partial charge in [-0.3, -0.25) is 0 Å². The van der Waals surface area contributed by atoms with Crippen LogP contribution in [0.3, 0.4) is 0 Å². The van der Waals surface area contributed by atoms with Gasteiger partial charge in [-0.2, -0.15) is 0 Å². The number of hydrogen-bond donors (Lipinski definition) is 1. The predicted molar refractivity (Wildman–Crippen MR) is 62.4 cm³/mol. The lowest BCUT2D eigenvalue weighted by Crippen LogP contribution is -2.33. The lowest BCUT2D eigenvalue weighted by molar-refractivity contribution is 0.237. The van der Waals surface area contributed by atoms with Crippen LogP contribution in [0.4, 0.5) is 0 Å². The van der Waals surface area contributed by atoms with Crippen LogP contribution in [0, 0.1) is 0 Å². The second-order valence-electron chi connectivity index (χ2n) is 4.58. The molecule has 0 aromatic heterocycles. The van der Waals surface area contributed by atoms with Crippen LogP contribution in [-0.2, 0) is 0 Å². The van der Waals surface area contributed by atoms with Crippen molar-refractivity contribution in [1.29, 1.82) is 0 Å². The van der Waals surface area contributed by atoms with Crippen molar-refractivity contribution < 1.29 is 0 Å². The average molecular weight is 198 g/mol. The standard InChI is InChI=1S/C12H26N2/c1-3-6-11(13)8-10-14-9-5-7-12(14)4-2/h11-12H,3-10,13H2,1-2H3. The Labute approximate surface area is 88.8 Å². The second kappa shape index (κ2) is 6.41. The third-order valence-electron chi connectivity index (χ3n) is 3.42. The van der Waals surface area contributed by atoms with Crippen molar-refractivity contribution in [3.8, 4) is 0 Å². The summed E-state index contributed by atoms with van der Waals surface area (Å²) in [5, 5.41) is 0. The van der Waals surface area contributed by atoms with Crippen molar-refractivity contribution in [3.05, 3.63) is 0 Å². The minimum absolute atomic E-state index is 0.429. The molecular weight excluding hydrogens is 172 g/mol. The average Bonchev–Trinajstić information content (AvgIpc) is 2.62. The third kappa shape index (κ3) is 3.58. The lowest BCUT2D eigenvalue weighted by Gasteiger charge is -2.24. The molecule has 1 rings (SSSR count). The summed E-state index contributed by atoms with van der Waals surface area (Å²) in [6.07, 6.45) is 7.69. The predicted octanol–water partition coefficient (Wildman–Crippen LogP) is 2.38. The van der Waals surface area contributed by atoms with Crippen LogP contribution in [0.2, 0.25) is 0 Å². The van der Waals surface area contributed by atoms with Gasteiger partial charge < -0.3 is 10.6 Å². The van der Waals surface area contributed by atoms with Gasteiger partial charge in [-0.1, -0.05) is 20.3 Å². The molecule has 0 aromatic rings. The van der Waals surface area contributed by atoms with Crippen LogP contribution in [0.25, 0.3) is 0 Å². The van der Waals surface area contributed by atoms with Gasteiger partial charge in [-0.15, -0.1) is 0 Å². The fourth-order valence-corrected chi connectivity index (χ4v) is 2.50. The molecule has 0 radical (unpaired) electrons.